The molecule has 8 N–H and O–H groups in total. The average Bonchev–Trinajstić information content (AvgIpc) is 3.84. The van der Waals surface area contributed by atoms with Crippen LogP contribution in [0.15, 0.2) is 128 Å². The number of hydrogen-bond donors (Lipinski definition) is 7. The van der Waals surface area contributed by atoms with Crippen LogP contribution < -0.4 is 27.0 Å². The third kappa shape index (κ3) is 11.2. The number of aromatic nitrogens is 1. The van der Waals surface area contributed by atoms with Crippen molar-refractivity contribution in [2.75, 3.05) is 13.2 Å². The van der Waals surface area contributed by atoms with Crippen molar-refractivity contribution in [3.05, 3.63) is 165 Å². The summed E-state index contributed by atoms with van der Waals surface area (Å²) in [5, 5.41) is 22.2. The van der Waals surface area contributed by atoms with Gasteiger partial charge in [-0.2, -0.15) is 0 Å². The van der Waals surface area contributed by atoms with Crippen LogP contribution in [0.4, 0.5) is 4.79 Å². The van der Waals surface area contributed by atoms with Gasteiger partial charge >= 0.3 is 12.1 Å². The highest BCUT2D eigenvalue weighted by atomic mass is 35.5. The Morgan fingerprint density at radius 2 is 1.35 bits per heavy atom. The summed E-state index contributed by atoms with van der Waals surface area (Å²) in [6.45, 7) is -0.257. The first-order valence-corrected chi connectivity index (χ1v) is 21.2. The van der Waals surface area contributed by atoms with Gasteiger partial charge in [-0.05, 0) is 70.0 Å². The number of amides is 4. The van der Waals surface area contributed by atoms with Gasteiger partial charge in [0, 0.05) is 36.0 Å². The molecule has 15 heteroatoms. The molecule has 5 aromatic carbocycles. The van der Waals surface area contributed by atoms with E-state index in [0.29, 0.717) is 10.6 Å². The number of ether oxygens (including phenoxy) is 1. The van der Waals surface area contributed by atoms with Gasteiger partial charge in [-0.25, -0.2) is 4.79 Å². The van der Waals surface area contributed by atoms with Crippen LogP contribution in [0.1, 0.15) is 40.2 Å². The summed E-state index contributed by atoms with van der Waals surface area (Å²) in [6.07, 6.45) is 0.559. The van der Waals surface area contributed by atoms with E-state index in [1.807, 2.05) is 109 Å². The number of rotatable bonds is 18. The topological polar surface area (TPSA) is 205 Å². The predicted molar refractivity (Wildman–Crippen MR) is 241 cm³/mol. The minimum Gasteiger partial charge on any atom is -0.481 e. The Labute approximate surface area is 373 Å². The van der Waals surface area contributed by atoms with Gasteiger partial charge in [0.2, 0.25) is 17.7 Å². The third-order valence-electron chi connectivity index (χ3n) is 11.0. The highest BCUT2D eigenvalue weighted by Gasteiger charge is 2.32. The number of halogens is 2. The number of benzene rings is 5. The van der Waals surface area contributed by atoms with E-state index in [2.05, 4.69) is 26.3 Å². The Balaban J connectivity index is 1.04. The molecule has 6 aromatic rings. The SMILES string of the molecule is N[C@@H](Cc1c[nH]c2ccccc12)C(=O)N[C@@H](Cc1ccccc1)C(=O)N[C@@H](CNC(=O)[C@H](CC(=O)O)NC(=O)OCC1c2ccccc2-c2ccccc21)Cc1ccc(Cl)c(Cl)c1. The number of fused-ring (bicyclic) bond motifs is 4. The summed E-state index contributed by atoms with van der Waals surface area (Å²) < 4.78 is 5.60. The van der Waals surface area contributed by atoms with Gasteiger partial charge in [0.05, 0.1) is 28.5 Å². The number of carboxylic acid groups (broad SMARTS) is 1. The van der Waals surface area contributed by atoms with Gasteiger partial charge in [-0.3, -0.25) is 19.2 Å². The van der Waals surface area contributed by atoms with E-state index < -0.39 is 60.4 Å². The zero-order chi connectivity index (χ0) is 44.5. The zero-order valence-corrected chi connectivity index (χ0v) is 35.5. The Hall–Kier alpha value is -6.67. The monoisotopic (exact) mass is 888 g/mol. The molecule has 0 spiro atoms. The minimum atomic E-state index is -1.52. The third-order valence-corrected chi connectivity index (χ3v) is 11.8. The van der Waals surface area contributed by atoms with Gasteiger partial charge in [0.15, 0.2) is 0 Å². The second-order valence-electron chi connectivity index (χ2n) is 15.4. The molecule has 4 atom stereocenters. The van der Waals surface area contributed by atoms with E-state index in [0.717, 1.165) is 44.3 Å². The van der Waals surface area contributed by atoms with Crippen molar-refractivity contribution >= 4 is 63.9 Å². The van der Waals surface area contributed by atoms with E-state index >= 15 is 0 Å². The smallest absolute Gasteiger partial charge is 0.407 e. The number of carbonyl (C=O) groups is 5. The van der Waals surface area contributed by atoms with Gasteiger partial charge in [-0.15, -0.1) is 0 Å². The van der Waals surface area contributed by atoms with Crippen molar-refractivity contribution in [3.8, 4) is 11.1 Å². The van der Waals surface area contributed by atoms with E-state index in [-0.39, 0.29) is 43.4 Å². The van der Waals surface area contributed by atoms with E-state index in [9.17, 15) is 29.1 Å². The Morgan fingerprint density at radius 1 is 0.683 bits per heavy atom. The molecule has 0 bridgehead atoms. The van der Waals surface area contributed by atoms with Crippen LogP contribution in [0.3, 0.4) is 0 Å². The summed E-state index contributed by atoms with van der Waals surface area (Å²) in [4.78, 5) is 69.9. The van der Waals surface area contributed by atoms with Crippen molar-refractivity contribution in [1.29, 1.82) is 0 Å². The number of aromatic amines is 1. The number of H-pyrrole nitrogens is 1. The second-order valence-corrected chi connectivity index (χ2v) is 16.3. The Kier molecular flexibility index (Phi) is 14.4. The van der Waals surface area contributed by atoms with Crippen LogP contribution in [0.25, 0.3) is 22.0 Å². The largest absolute Gasteiger partial charge is 0.481 e. The van der Waals surface area contributed by atoms with E-state index in [1.54, 1.807) is 18.2 Å². The molecular formula is C48H46Cl2N6O7. The number of aliphatic carboxylic acids is 1. The number of nitrogens with one attached hydrogen (secondary N) is 5. The second kappa shape index (κ2) is 20.5. The number of carboxylic acids is 1. The molecule has 1 aliphatic carbocycles. The molecule has 63 heavy (non-hydrogen) atoms. The fourth-order valence-electron chi connectivity index (χ4n) is 7.91. The molecule has 1 heterocycles. The van der Waals surface area contributed by atoms with Crippen LogP contribution in [-0.2, 0) is 43.2 Å². The van der Waals surface area contributed by atoms with Crippen LogP contribution >= 0.6 is 23.2 Å². The number of carbonyl (C=O) groups excluding carboxylic acids is 4. The van der Waals surface area contributed by atoms with Gasteiger partial charge < -0.3 is 41.8 Å². The van der Waals surface area contributed by atoms with E-state index in [1.165, 1.54) is 0 Å². The first-order chi connectivity index (χ1) is 30.4. The maximum absolute atomic E-state index is 14.2. The molecular weight excluding hydrogens is 843 g/mol. The maximum atomic E-state index is 14.2. The van der Waals surface area contributed by atoms with Crippen molar-refractivity contribution in [2.24, 2.45) is 5.73 Å². The summed E-state index contributed by atoms with van der Waals surface area (Å²) >= 11 is 12.5. The lowest BCUT2D eigenvalue weighted by molar-refractivity contribution is -0.139. The highest BCUT2D eigenvalue weighted by molar-refractivity contribution is 6.42. The summed E-state index contributed by atoms with van der Waals surface area (Å²) in [7, 11) is 0. The van der Waals surface area contributed by atoms with Gasteiger partial charge in [0.1, 0.15) is 18.7 Å². The maximum Gasteiger partial charge on any atom is 0.407 e. The lowest BCUT2D eigenvalue weighted by Gasteiger charge is -2.26. The number of alkyl carbamates (subject to hydrolysis) is 1. The molecule has 0 fully saturated rings. The molecule has 0 aliphatic heterocycles. The molecule has 0 saturated carbocycles. The fourth-order valence-corrected chi connectivity index (χ4v) is 8.23. The zero-order valence-electron chi connectivity index (χ0n) is 34.0. The van der Waals surface area contributed by atoms with Crippen LogP contribution in [0.2, 0.25) is 10.0 Å². The van der Waals surface area contributed by atoms with Gasteiger partial charge in [0.25, 0.3) is 0 Å². The number of nitrogens with two attached hydrogens (primary N) is 1. The van der Waals surface area contributed by atoms with Gasteiger partial charge in [-0.1, -0.05) is 126 Å². The molecule has 0 unspecified atom stereocenters. The number of hydrogen-bond acceptors (Lipinski definition) is 7. The Bertz CT molecular complexity index is 2580. The van der Waals surface area contributed by atoms with Crippen molar-refractivity contribution in [2.45, 2.75) is 55.8 Å². The summed E-state index contributed by atoms with van der Waals surface area (Å²) in [6, 6.07) is 33.0. The van der Waals surface area contributed by atoms with Crippen LogP contribution in [-0.4, -0.2) is 77.2 Å². The molecule has 1 aromatic heterocycles. The molecule has 4 amide bonds. The average molecular weight is 890 g/mol. The fraction of sp³-hybridized carbons (Fsp3) is 0.229. The molecule has 13 nitrogen and oxygen atoms in total. The molecule has 324 valence electrons. The van der Waals surface area contributed by atoms with Crippen molar-refractivity contribution < 1.29 is 33.8 Å². The first-order valence-electron chi connectivity index (χ1n) is 20.4. The molecule has 0 radical (unpaired) electrons. The number of para-hydroxylation sites is 1. The summed E-state index contributed by atoms with van der Waals surface area (Å²) in [5.74, 6) is -3.52. The van der Waals surface area contributed by atoms with Crippen LogP contribution in [0.5, 0.6) is 0 Å². The first kappa shape index (κ1) is 44.4. The molecule has 7 rings (SSSR count). The van der Waals surface area contributed by atoms with Crippen molar-refractivity contribution in [1.82, 2.24) is 26.3 Å². The van der Waals surface area contributed by atoms with E-state index in [4.69, 9.17) is 33.7 Å². The summed E-state index contributed by atoms with van der Waals surface area (Å²) in [5.41, 5.74) is 13.7. The minimum absolute atomic E-state index is 0.0480. The normalized spacial score (nSPS) is 13.8. The van der Waals surface area contributed by atoms with Crippen LogP contribution in [0, 0.1) is 0 Å². The standard InChI is InChI=1S/C48H46Cl2N6O7/c49-38-19-18-29(21-39(38)50)20-31(54-47(61)42(22-28-10-2-1-3-11-28)55-45(59)40(51)23-30-25-52-41-17-9-8-12-32(30)41)26-53-46(60)43(24-44(57)58)56-48(62)63-27-37-35-15-6-4-13-33(35)34-14-5-7-16-36(34)37/h1-19,21,25,31,37,40,42-43,52H,20,22-24,26-27,51H2,(H,53,60)(H,54,61)(H,55,59)(H,56,62)(H,57,58)/t31-,40+,42+,43+/m1/s1. The van der Waals surface area contributed by atoms with Crippen molar-refractivity contribution in [3.63, 3.8) is 0 Å². The lowest BCUT2D eigenvalue weighted by Crippen LogP contribution is -2.57. The Morgan fingerprint density at radius 3 is 2.05 bits per heavy atom. The predicted octanol–water partition coefficient (Wildman–Crippen LogP) is 6.30. The molecule has 1 aliphatic rings. The highest BCUT2D eigenvalue weighted by Crippen LogP contribution is 2.44. The quantitative estimate of drug-likeness (QED) is 0.0521. The lowest BCUT2D eigenvalue weighted by atomic mass is 9.98. The molecule has 0 saturated heterocycles.